The molecule has 0 aliphatic heterocycles. The minimum Gasteiger partial charge on any atom is -0.495 e. The van der Waals surface area contributed by atoms with Gasteiger partial charge in [-0.25, -0.2) is 8.42 Å². The van der Waals surface area contributed by atoms with Crippen molar-refractivity contribution in [3.05, 3.63) is 95.0 Å². The van der Waals surface area contributed by atoms with Gasteiger partial charge in [-0.15, -0.1) is 0 Å². The number of hydrogen-bond acceptors (Lipinski definition) is 4. The molecule has 3 aromatic rings. The predicted octanol–water partition coefficient (Wildman–Crippen LogP) is 4.46. The highest BCUT2D eigenvalue weighted by molar-refractivity contribution is 7.89. The Balaban J connectivity index is 1.82. The van der Waals surface area contributed by atoms with Gasteiger partial charge in [-0.05, 0) is 42.7 Å². The Morgan fingerprint density at radius 3 is 2.27 bits per heavy atom. The third-order valence-corrected chi connectivity index (χ3v) is 7.39. The first-order chi connectivity index (χ1) is 15.8. The third kappa shape index (κ3) is 6.57. The fourth-order valence-corrected chi connectivity index (χ4v) is 5.16. The van der Waals surface area contributed by atoms with E-state index in [9.17, 15) is 13.2 Å². The summed E-state index contributed by atoms with van der Waals surface area (Å²) < 4.78 is 33.2. The average molecular weight is 487 g/mol. The lowest BCUT2D eigenvalue weighted by molar-refractivity contribution is -0.121. The van der Waals surface area contributed by atoms with E-state index in [0.29, 0.717) is 12.2 Å². The molecular weight excluding hydrogens is 460 g/mol. The summed E-state index contributed by atoms with van der Waals surface area (Å²) in [4.78, 5) is 12.8. The molecule has 1 N–H and O–H groups in total. The zero-order chi connectivity index (χ0) is 23.8. The number of ether oxygens (including phenoxy) is 1. The Morgan fingerprint density at radius 1 is 1.03 bits per heavy atom. The SMILES string of the molecule is COc1ccc(S(=O)(=O)N(CCc2ccccc2)CC(=O)N[C@H](C)c2ccccc2)cc1Cl. The molecule has 0 fully saturated rings. The Bertz CT molecular complexity index is 1170. The summed E-state index contributed by atoms with van der Waals surface area (Å²) in [5, 5.41) is 3.07. The molecule has 3 aromatic carbocycles. The second-order valence-electron chi connectivity index (χ2n) is 7.57. The van der Waals surface area contributed by atoms with Gasteiger partial charge in [0.25, 0.3) is 0 Å². The van der Waals surface area contributed by atoms with Crippen LogP contribution in [0.15, 0.2) is 83.8 Å². The van der Waals surface area contributed by atoms with Crippen LogP contribution in [-0.4, -0.2) is 38.8 Å². The monoisotopic (exact) mass is 486 g/mol. The van der Waals surface area contributed by atoms with Crippen LogP contribution in [0.2, 0.25) is 5.02 Å². The molecule has 0 bridgehead atoms. The molecule has 0 heterocycles. The molecule has 1 amide bonds. The number of nitrogens with one attached hydrogen (secondary N) is 1. The summed E-state index contributed by atoms with van der Waals surface area (Å²) in [5.74, 6) is -0.0107. The van der Waals surface area contributed by atoms with Gasteiger partial charge in [0.05, 0.1) is 29.6 Å². The van der Waals surface area contributed by atoms with E-state index in [4.69, 9.17) is 16.3 Å². The summed E-state index contributed by atoms with van der Waals surface area (Å²) in [5.41, 5.74) is 1.91. The number of sulfonamides is 1. The van der Waals surface area contributed by atoms with Crippen LogP contribution >= 0.6 is 11.6 Å². The number of methoxy groups -OCH3 is 1. The smallest absolute Gasteiger partial charge is 0.243 e. The number of benzene rings is 3. The molecule has 0 aromatic heterocycles. The van der Waals surface area contributed by atoms with Crippen LogP contribution in [0, 0.1) is 0 Å². The summed E-state index contributed by atoms with van der Waals surface area (Å²) in [6.45, 7) is 1.69. The van der Waals surface area contributed by atoms with Crippen molar-refractivity contribution in [2.45, 2.75) is 24.3 Å². The van der Waals surface area contributed by atoms with E-state index in [1.807, 2.05) is 67.6 Å². The highest BCUT2D eigenvalue weighted by Gasteiger charge is 2.28. The molecule has 0 spiro atoms. The maximum atomic E-state index is 13.4. The average Bonchev–Trinajstić information content (AvgIpc) is 2.82. The van der Waals surface area contributed by atoms with Crippen LogP contribution < -0.4 is 10.1 Å². The first kappa shape index (κ1) is 24.8. The van der Waals surface area contributed by atoms with Crippen LogP contribution in [0.1, 0.15) is 24.1 Å². The highest BCUT2D eigenvalue weighted by atomic mass is 35.5. The molecule has 174 valence electrons. The van der Waals surface area contributed by atoms with Gasteiger partial charge in [0.2, 0.25) is 15.9 Å². The van der Waals surface area contributed by atoms with Crippen LogP contribution in [-0.2, 0) is 21.2 Å². The lowest BCUT2D eigenvalue weighted by atomic mass is 10.1. The molecule has 0 saturated carbocycles. The number of hydrogen-bond donors (Lipinski definition) is 1. The Hall–Kier alpha value is -2.87. The van der Waals surface area contributed by atoms with E-state index in [1.54, 1.807) is 0 Å². The van der Waals surface area contributed by atoms with Crippen LogP contribution in [0.4, 0.5) is 0 Å². The van der Waals surface area contributed by atoms with Gasteiger partial charge in [-0.2, -0.15) is 4.31 Å². The molecule has 33 heavy (non-hydrogen) atoms. The molecule has 8 heteroatoms. The topological polar surface area (TPSA) is 75.7 Å². The maximum Gasteiger partial charge on any atom is 0.243 e. The molecule has 1 atom stereocenters. The molecule has 0 aliphatic carbocycles. The van der Waals surface area contributed by atoms with Crippen molar-refractivity contribution in [3.8, 4) is 5.75 Å². The summed E-state index contributed by atoms with van der Waals surface area (Å²) in [6, 6.07) is 23.1. The normalized spacial score (nSPS) is 12.4. The zero-order valence-corrected chi connectivity index (χ0v) is 20.1. The van der Waals surface area contributed by atoms with E-state index >= 15 is 0 Å². The standard InChI is InChI=1S/C25H27ClN2O4S/c1-19(21-11-7-4-8-12-21)27-25(29)18-28(16-15-20-9-5-3-6-10-20)33(30,31)22-13-14-24(32-2)23(26)17-22/h3-14,17,19H,15-16,18H2,1-2H3,(H,27,29)/t19-/m1/s1. The second kappa shape index (κ2) is 11.3. The van der Waals surface area contributed by atoms with Gasteiger partial charge in [0, 0.05) is 6.54 Å². The van der Waals surface area contributed by atoms with Crippen molar-refractivity contribution in [3.63, 3.8) is 0 Å². The number of halogens is 1. The van der Waals surface area contributed by atoms with Gasteiger partial charge >= 0.3 is 0 Å². The van der Waals surface area contributed by atoms with Crippen molar-refractivity contribution in [2.24, 2.45) is 0 Å². The van der Waals surface area contributed by atoms with Gasteiger partial charge < -0.3 is 10.1 Å². The second-order valence-corrected chi connectivity index (χ2v) is 9.92. The summed E-state index contributed by atoms with van der Waals surface area (Å²) in [6.07, 6.45) is 0.464. The lowest BCUT2D eigenvalue weighted by Gasteiger charge is -2.23. The van der Waals surface area contributed by atoms with Crippen LogP contribution in [0.25, 0.3) is 0 Å². The first-order valence-electron chi connectivity index (χ1n) is 10.5. The zero-order valence-electron chi connectivity index (χ0n) is 18.6. The molecule has 0 aliphatic rings. The maximum absolute atomic E-state index is 13.4. The Labute approximate surface area is 200 Å². The number of nitrogens with zero attached hydrogens (tertiary/aromatic N) is 1. The van der Waals surface area contributed by atoms with Crippen molar-refractivity contribution in [2.75, 3.05) is 20.2 Å². The predicted molar refractivity (Wildman–Crippen MR) is 130 cm³/mol. The largest absolute Gasteiger partial charge is 0.495 e. The van der Waals surface area contributed by atoms with E-state index in [-0.39, 0.29) is 35.0 Å². The molecule has 6 nitrogen and oxygen atoms in total. The lowest BCUT2D eigenvalue weighted by Crippen LogP contribution is -2.42. The third-order valence-electron chi connectivity index (χ3n) is 5.25. The van der Waals surface area contributed by atoms with Gasteiger partial charge in [0.15, 0.2) is 0 Å². The van der Waals surface area contributed by atoms with Crippen molar-refractivity contribution in [1.82, 2.24) is 9.62 Å². The Morgan fingerprint density at radius 2 is 1.67 bits per heavy atom. The number of carbonyl (C=O) groups excluding carboxylic acids is 1. The number of rotatable bonds is 10. The molecule has 3 rings (SSSR count). The molecule has 0 radical (unpaired) electrons. The molecule has 0 unspecified atom stereocenters. The van der Waals surface area contributed by atoms with Gasteiger partial charge in [0.1, 0.15) is 5.75 Å². The quantitative estimate of drug-likeness (QED) is 0.459. The fourth-order valence-electron chi connectivity index (χ4n) is 3.41. The van der Waals surface area contributed by atoms with Crippen LogP contribution in [0.3, 0.4) is 0 Å². The van der Waals surface area contributed by atoms with Crippen molar-refractivity contribution in [1.29, 1.82) is 0 Å². The molecule has 0 saturated heterocycles. The van der Waals surface area contributed by atoms with Crippen molar-refractivity contribution < 1.29 is 17.9 Å². The fraction of sp³-hybridized carbons (Fsp3) is 0.240. The molecular formula is C25H27ClN2O4S. The number of amides is 1. The van der Waals surface area contributed by atoms with E-state index in [0.717, 1.165) is 11.1 Å². The minimum absolute atomic E-state index is 0.00488. The first-order valence-corrected chi connectivity index (χ1v) is 12.3. The van der Waals surface area contributed by atoms with Gasteiger partial charge in [-0.3, -0.25) is 4.79 Å². The highest BCUT2D eigenvalue weighted by Crippen LogP contribution is 2.28. The number of carbonyl (C=O) groups is 1. The van der Waals surface area contributed by atoms with Crippen LogP contribution in [0.5, 0.6) is 5.75 Å². The van der Waals surface area contributed by atoms with E-state index < -0.39 is 10.0 Å². The minimum atomic E-state index is -3.98. The van der Waals surface area contributed by atoms with Gasteiger partial charge in [-0.1, -0.05) is 72.3 Å². The van der Waals surface area contributed by atoms with E-state index in [1.165, 1.54) is 29.6 Å². The summed E-state index contributed by atoms with van der Waals surface area (Å²) >= 11 is 6.17. The Kier molecular flexibility index (Phi) is 8.49. The van der Waals surface area contributed by atoms with Crippen molar-refractivity contribution >= 4 is 27.5 Å². The van der Waals surface area contributed by atoms with E-state index in [2.05, 4.69) is 5.32 Å². The summed E-state index contributed by atoms with van der Waals surface area (Å²) in [7, 11) is -2.52.